The summed E-state index contributed by atoms with van der Waals surface area (Å²) >= 11 is 3.21. The minimum Gasteiger partial charge on any atom is -0.352 e. The van der Waals surface area contributed by atoms with E-state index in [4.69, 9.17) is 0 Å². The van der Waals surface area contributed by atoms with E-state index < -0.39 is 10.0 Å². The van der Waals surface area contributed by atoms with Crippen LogP contribution in [0.25, 0.3) is 0 Å². The molecule has 2 aromatic rings. The van der Waals surface area contributed by atoms with Gasteiger partial charge in [0, 0.05) is 35.7 Å². The largest absolute Gasteiger partial charge is 0.352 e. The number of benzene rings is 1. The van der Waals surface area contributed by atoms with Crippen LogP contribution in [0.5, 0.6) is 0 Å². The van der Waals surface area contributed by atoms with Crippen molar-refractivity contribution in [3.8, 4) is 0 Å². The van der Waals surface area contributed by atoms with Gasteiger partial charge in [-0.05, 0) is 25.5 Å². The number of carbonyl (C=O) groups is 1. The number of carbonyl (C=O) groups excluding carboxylic acids is 1. The van der Waals surface area contributed by atoms with E-state index in [0.717, 1.165) is 15.6 Å². The Morgan fingerprint density at radius 1 is 1.33 bits per heavy atom. The first-order chi connectivity index (χ1) is 12.8. The normalized spacial score (nSPS) is 11.7. The smallest absolute Gasteiger partial charge is 0.252 e. The summed E-state index contributed by atoms with van der Waals surface area (Å²) < 4.78 is 24.6. The number of thioether (sulfide) groups is 1. The SMILES string of the molecule is CCN(CCCNC(=O)c1ccccc1SCc1csc(C)n1)S(C)(=O)=O. The fourth-order valence-corrected chi connectivity index (χ4v) is 5.11. The van der Waals surface area contributed by atoms with Gasteiger partial charge in [-0.15, -0.1) is 23.1 Å². The van der Waals surface area contributed by atoms with E-state index >= 15 is 0 Å². The van der Waals surface area contributed by atoms with Crippen LogP contribution < -0.4 is 5.32 Å². The number of hydrogen-bond acceptors (Lipinski definition) is 6. The molecule has 0 atom stereocenters. The maximum absolute atomic E-state index is 12.5. The molecule has 1 aromatic heterocycles. The van der Waals surface area contributed by atoms with Gasteiger partial charge in [0.15, 0.2) is 0 Å². The van der Waals surface area contributed by atoms with Crippen molar-refractivity contribution in [3.05, 3.63) is 45.9 Å². The first-order valence-corrected chi connectivity index (χ1v) is 12.4. The molecule has 0 spiro atoms. The number of nitrogens with one attached hydrogen (secondary N) is 1. The molecule has 0 aliphatic heterocycles. The molecule has 0 aliphatic carbocycles. The summed E-state index contributed by atoms with van der Waals surface area (Å²) in [7, 11) is -3.19. The lowest BCUT2D eigenvalue weighted by Crippen LogP contribution is -2.33. The zero-order chi connectivity index (χ0) is 19.9. The van der Waals surface area contributed by atoms with Gasteiger partial charge in [0.1, 0.15) is 0 Å². The first-order valence-electron chi connectivity index (χ1n) is 8.67. The van der Waals surface area contributed by atoms with Crippen molar-refractivity contribution < 1.29 is 13.2 Å². The van der Waals surface area contributed by atoms with Gasteiger partial charge < -0.3 is 5.32 Å². The lowest BCUT2D eigenvalue weighted by molar-refractivity contribution is 0.0950. The Hall–Kier alpha value is -1.42. The van der Waals surface area contributed by atoms with Gasteiger partial charge in [-0.2, -0.15) is 0 Å². The first kappa shape index (κ1) is 21.9. The molecule has 0 saturated carbocycles. The molecule has 2 rings (SSSR count). The Bertz CT molecular complexity index is 865. The van der Waals surface area contributed by atoms with Crippen molar-refractivity contribution in [2.24, 2.45) is 0 Å². The van der Waals surface area contributed by atoms with E-state index in [0.29, 0.717) is 37.4 Å². The molecule has 9 heteroatoms. The number of sulfonamides is 1. The molecule has 0 radical (unpaired) electrons. The van der Waals surface area contributed by atoms with Crippen molar-refractivity contribution in [3.63, 3.8) is 0 Å². The zero-order valence-corrected chi connectivity index (χ0v) is 18.2. The van der Waals surface area contributed by atoms with Gasteiger partial charge in [-0.1, -0.05) is 19.1 Å². The van der Waals surface area contributed by atoms with Crippen LogP contribution in [0.2, 0.25) is 0 Å². The van der Waals surface area contributed by atoms with Gasteiger partial charge >= 0.3 is 0 Å². The standard InChI is InChI=1S/C18H25N3O3S3/c1-4-21(27(3,23)24)11-7-10-19-18(22)16-8-5-6-9-17(16)26-13-15-12-25-14(2)20-15/h5-6,8-9,12H,4,7,10-11,13H2,1-3H3,(H,19,22). The summed E-state index contributed by atoms with van der Waals surface area (Å²) in [6.07, 6.45) is 1.77. The predicted molar refractivity (Wildman–Crippen MR) is 112 cm³/mol. The van der Waals surface area contributed by atoms with Crippen LogP contribution in [-0.4, -0.2) is 49.5 Å². The summed E-state index contributed by atoms with van der Waals surface area (Å²) in [5.74, 6) is 0.573. The number of rotatable bonds is 10. The fraction of sp³-hybridized carbons (Fsp3) is 0.444. The molecule has 0 bridgehead atoms. The molecule has 1 amide bonds. The maximum atomic E-state index is 12.5. The average Bonchev–Trinajstić information content (AvgIpc) is 3.04. The van der Waals surface area contributed by atoms with Gasteiger partial charge in [0.25, 0.3) is 5.91 Å². The monoisotopic (exact) mass is 427 g/mol. The van der Waals surface area contributed by atoms with Crippen molar-refractivity contribution in [2.45, 2.75) is 30.9 Å². The summed E-state index contributed by atoms with van der Waals surface area (Å²) in [5, 5.41) is 5.95. The molecule has 1 N–H and O–H groups in total. The molecule has 6 nitrogen and oxygen atoms in total. The third-order valence-corrected chi connectivity index (χ3v) is 7.17. The lowest BCUT2D eigenvalue weighted by Gasteiger charge is -2.17. The Morgan fingerprint density at radius 3 is 2.70 bits per heavy atom. The van der Waals surface area contributed by atoms with Crippen LogP contribution in [0.1, 0.15) is 34.4 Å². The quantitative estimate of drug-likeness (QED) is 0.465. The van der Waals surface area contributed by atoms with E-state index in [2.05, 4.69) is 10.3 Å². The molecular weight excluding hydrogens is 402 g/mol. The second-order valence-electron chi connectivity index (χ2n) is 6.01. The molecule has 27 heavy (non-hydrogen) atoms. The molecule has 0 unspecified atom stereocenters. The third kappa shape index (κ3) is 6.91. The van der Waals surface area contributed by atoms with E-state index in [-0.39, 0.29) is 5.91 Å². The van der Waals surface area contributed by atoms with Crippen LogP contribution in [-0.2, 0) is 15.8 Å². The molecule has 148 valence electrons. The van der Waals surface area contributed by atoms with Gasteiger partial charge in [0.2, 0.25) is 10.0 Å². The molecule has 1 aromatic carbocycles. The number of amides is 1. The number of thiazole rings is 1. The van der Waals surface area contributed by atoms with Gasteiger partial charge in [-0.3, -0.25) is 4.79 Å². The molecule has 1 heterocycles. The topological polar surface area (TPSA) is 79.4 Å². The molecule has 0 aliphatic rings. The molecule has 0 fully saturated rings. The Kier molecular flexibility index (Phi) is 8.28. The van der Waals surface area contributed by atoms with E-state index in [1.807, 2.05) is 30.5 Å². The molecule has 0 saturated heterocycles. The van der Waals surface area contributed by atoms with Crippen molar-refractivity contribution in [2.75, 3.05) is 25.9 Å². The minimum absolute atomic E-state index is 0.144. The molecular formula is C18H25N3O3S3. The van der Waals surface area contributed by atoms with E-state index in [1.54, 1.807) is 36.1 Å². The van der Waals surface area contributed by atoms with Crippen molar-refractivity contribution >= 4 is 39.0 Å². The fourth-order valence-electron chi connectivity index (χ4n) is 2.52. The Balaban J connectivity index is 1.88. The highest BCUT2D eigenvalue weighted by Gasteiger charge is 2.15. The minimum atomic E-state index is -3.19. The number of aryl methyl sites for hydroxylation is 1. The highest BCUT2D eigenvalue weighted by Crippen LogP contribution is 2.26. The summed E-state index contributed by atoms with van der Waals surface area (Å²) in [5.41, 5.74) is 1.64. The zero-order valence-electron chi connectivity index (χ0n) is 15.8. The third-order valence-electron chi connectivity index (χ3n) is 3.87. The Labute approximate surface area is 169 Å². The average molecular weight is 428 g/mol. The van der Waals surface area contributed by atoms with Crippen LogP contribution in [0.4, 0.5) is 0 Å². The van der Waals surface area contributed by atoms with E-state index in [9.17, 15) is 13.2 Å². The van der Waals surface area contributed by atoms with Crippen molar-refractivity contribution in [1.29, 1.82) is 0 Å². The van der Waals surface area contributed by atoms with Crippen LogP contribution in [0.15, 0.2) is 34.5 Å². The highest BCUT2D eigenvalue weighted by atomic mass is 32.2. The van der Waals surface area contributed by atoms with Gasteiger partial charge in [-0.25, -0.2) is 17.7 Å². The van der Waals surface area contributed by atoms with Crippen LogP contribution in [0.3, 0.4) is 0 Å². The van der Waals surface area contributed by atoms with Crippen molar-refractivity contribution in [1.82, 2.24) is 14.6 Å². The predicted octanol–water partition coefficient (Wildman–Crippen LogP) is 3.15. The Morgan fingerprint density at radius 2 is 2.07 bits per heavy atom. The summed E-state index contributed by atoms with van der Waals surface area (Å²) in [4.78, 5) is 17.9. The maximum Gasteiger partial charge on any atom is 0.252 e. The van der Waals surface area contributed by atoms with Crippen LogP contribution >= 0.6 is 23.1 Å². The summed E-state index contributed by atoms with van der Waals surface area (Å²) in [6.45, 7) is 5.03. The second kappa shape index (κ2) is 10.2. The van der Waals surface area contributed by atoms with Gasteiger partial charge in [0.05, 0.1) is 22.5 Å². The van der Waals surface area contributed by atoms with Crippen LogP contribution in [0, 0.1) is 6.92 Å². The highest BCUT2D eigenvalue weighted by molar-refractivity contribution is 7.98. The lowest BCUT2D eigenvalue weighted by atomic mass is 10.2. The number of nitrogens with zero attached hydrogens (tertiary/aromatic N) is 2. The van der Waals surface area contributed by atoms with E-state index in [1.165, 1.54) is 10.6 Å². The number of hydrogen-bond donors (Lipinski definition) is 1. The number of aromatic nitrogens is 1. The second-order valence-corrected chi connectivity index (χ2v) is 10.1. The summed E-state index contributed by atoms with van der Waals surface area (Å²) in [6, 6.07) is 7.49.